The molecule has 3 aliphatic rings. The van der Waals surface area contributed by atoms with Gasteiger partial charge < -0.3 is 10.6 Å². The molecule has 1 saturated heterocycles. The van der Waals surface area contributed by atoms with E-state index in [0.717, 1.165) is 23.7 Å². The second-order valence-corrected chi connectivity index (χ2v) is 8.12. The van der Waals surface area contributed by atoms with Gasteiger partial charge in [0, 0.05) is 37.7 Å². The summed E-state index contributed by atoms with van der Waals surface area (Å²) >= 11 is 0. The Labute approximate surface area is 179 Å². The molecule has 2 unspecified atom stereocenters. The van der Waals surface area contributed by atoms with Gasteiger partial charge in [0.2, 0.25) is 11.8 Å². The van der Waals surface area contributed by atoms with Gasteiger partial charge in [-0.25, -0.2) is 0 Å². The van der Waals surface area contributed by atoms with Crippen molar-refractivity contribution < 1.29 is 19.2 Å². The summed E-state index contributed by atoms with van der Waals surface area (Å²) in [5, 5.41) is 9.02. The van der Waals surface area contributed by atoms with Gasteiger partial charge in [-0.15, -0.1) is 0 Å². The molecule has 8 nitrogen and oxygen atoms in total. The van der Waals surface area contributed by atoms with Gasteiger partial charge in [-0.05, 0) is 35.7 Å². The van der Waals surface area contributed by atoms with E-state index in [4.69, 9.17) is 0 Å². The van der Waals surface area contributed by atoms with E-state index < -0.39 is 23.8 Å². The van der Waals surface area contributed by atoms with Crippen LogP contribution in [0.2, 0.25) is 0 Å². The lowest BCUT2D eigenvalue weighted by Crippen LogP contribution is -2.54. The average Bonchev–Trinajstić information content (AvgIpc) is 3.02. The molecule has 3 heterocycles. The standard InChI is InChI=1S/C23H22N4O4/c28-20-8-7-19(21(29)26-20)27-22(30)17-6-5-15(9-18(17)23(27)31)25-12-14-11-24-10-13-3-1-2-4-16(13)14/h1-6,9,14,19,24-25H,7-8,10-12H2,(H,26,28,29). The number of hydrogen-bond acceptors (Lipinski definition) is 6. The maximum absolute atomic E-state index is 13.0. The van der Waals surface area contributed by atoms with Crippen molar-refractivity contribution in [3.05, 3.63) is 64.7 Å². The molecule has 0 spiro atoms. The number of fused-ring (bicyclic) bond motifs is 2. The van der Waals surface area contributed by atoms with Gasteiger partial charge in [-0.3, -0.25) is 29.4 Å². The SMILES string of the molecule is O=C1CCC(N2C(=O)c3ccc(NCC4CNCc5ccccc54)cc3C2=O)C(=O)N1. The molecule has 4 amide bonds. The van der Waals surface area contributed by atoms with Crippen LogP contribution in [0.5, 0.6) is 0 Å². The van der Waals surface area contributed by atoms with E-state index >= 15 is 0 Å². The summed E-state index contributed by atoms with van der Waals surface area (Å²) in [4.78, 5) is 50.3. The van der Waals surface area contributed by atoms with Crippen LogP contribution in [0.4, 0.5) is 5.69 Å². The molecule has 0 bridgehead atoms. The summed E-state index contributed by atoms with van der Waals surface area (Å²) in [5.74, 6) is -1.69. The van der Waals surface area contributed by atoms with Gasteiger partial charge in [0.15, 0.2) is 0 Å². The van der Waals surface area contributed by atoms with E-state index in [0.29, 0.717) is 6.54 Å². The number of carbonyl (C=O) groups is 4. The summed E-state index contributed by atoms with van der Waals surface area (Å²) in [6, 6.07) is 12.5. The summed E-state index contributed by atoms with van der Waals surface area (Å²) < 4.78 is 0. The smallest absolute Gasteiger partial charge is 0.262 e. The molecule has 31 heavy (non-hydrogen) atoms. The van der Waals surface area contributed by atoms with Crippen molar-refractivity contribution >= 4 is 29.3 Å². The molecule has 2 aromatic carbocycles. The summed E-state index contributed by atoms with van der Waals surface area (Å²) in [6.45, 7) is 2.40. The minimum absolute atomic E-state index is 0.105. The van der Waals surface area contributed by atoms with Crippen LogP contribution in [0.15, 0.2) is 42.5 Å². The number of hydrogen-bond donors (Lipinski definition) is 3. The maximum atomic E-state index is 13.0. The third-order valence-corrected chi connectivity index (χ3v) is 6.19. The quantitative estimate of drug-likeness (QED) is 0.648. The molecule has 158 valence electrons. The van der Waals surface area contributed by atoms with Crippen molar-refractivity contribution in [3.8, 4) is 0 Å². The summed E-state index contributed by atoms with van der Waals surface area (Å²) in [5.41, 5.74) is 3.90. The normalized spacial score (nSPS) is 22.8. The van der Waals surface area contributed by atoms with Crippen molar-refractivity contribution in [1.82, 2.24) is 15.5 Å². The molecule has 0 saturated carbocycles. The van der Waals surface area contributed by atoms with E-state index in [9.17, 15) is 19.2 Å². The number of carbonyl (C=O) groups excluding carboxylic acids is 4. The first-order valence-corrected chi connectivity index (χ1v) is 10.4. The number of imide groups is 2. The van der Waals surface area contributed by atoms with Gasteiger partial charge in [-0.1, -0.05) is 24.3 Å². The molecular weight excluding hydrogens is 396 g/mol. The zero-order valence-corrected chi connectivity index (χ0v) is 16.8. The van der Waals surface area contributed by atoms with Gasteiger partial charge in [-0.2, -0.15) is 0 Å². The Morgan fingerprint density at radius 1 is 1.00 bits per heavy atom. The summed E-state index contributed by atoms with van der Waals surface area (Å²) in [7, 11) is 0. The fourth-order valence-corrected chi connectivity index (χ4v) is 4.59. The maximum Gasteiger partial charge on any atom is 0.262 e. The molecule has 3 aliphatic heterocycles. The zero-order chi connectivity index (χ0) is 21.5. The summed E-state index contributed by atoms with van der Waals surface area (Å²) in [6.07, 6.45) is 0.253. The largest absolute Gasteiger partial charge is 0.384 e. The molecule has 0 aliphatic carbocycles. The second kappa shape index (κ2) is 7.63. The highest BCUT2D eigenvalue weighted by Crippen LogP contribution is 2.30. The monoisotopic (exact) mass is 418 g/mol. The number of benzene rings is 2. The van der Waals surface area contributed by atoms with E-state index in [1.165, 1.54) is 11.1 Å². The van der Waals surface area contributed by atoms with Gasteiger partial charge in [0.05, 0.1) is 11.1 Å². The van der Waals surface area contributed by atoms with Crippen LogP contribution in [0.3, 0.4) is 0 Å². The van der Waals surface area contributed by atoms with Crippen molar-refractivity contribution in [2.75, 3.05) is 18.4 Å². The number of nitrogens with one attached hydrogen (secondary N) is 3. The molecular formula is C23H22N4O4. The van der Waals surface area contributed by atoms with Crippen LogP contribution in [0.25, 0.3) is 0 Å². The third kappa shape index (κ3) is 3.38. The fraction of sp³-hybridized carbons (Fsp3) is 0.304. The van der Waals surface area contributed by atoms with E-state index in [1.807, 2.05) is 12.1 Å². The highest BCUT2D eigenvalue weighted by molar-refractivity contribution is 6.23. The first-order valence-electron chi connectivity index (χ1n) is 10.4. The lowest BCUT2D eigenvalue weighted by molar-refractivity contribution is -0.136. The number of amides is 4. The van der Waals surface area contributed by atoms with Gasteiger partial charge >= 0.3 is 0 Å². The molecule has 2 aromatic rings. The minimum Gasteiger partial charge on any atom is -0.384 e. The molecule has 5 rings (SSSR count). The van der Waals surface area contributed by atoms with Crippen LogP contribution in [0, 0.1) is 0 Å². The molecule has 0 radical (unpaired) electrons. The minimum atomic E-state index is -0.952. The van der Waals surface area contributed by atoms with Crippen molar-refractivity contribution in [1.29, 1.82) is 0 Å². The number of rotatable bonds is 4. The van der Waals surface area contributed by atoms with Crippen molar-refractivity contribution in [2.24, 2.45) is 0 Å². The Bertz CT molecular complexity index is 1110. The lowest BCUT2D eigenvalue weighted by atomic mass is 9.91. The number of piperidine rings is 1. The highest BCUT2D eigenvalue weighted by atomic mass is 16.2. The molecule has 1 fully saturated rings. The fourth-order valence-electron chi connectivity index (χ4n) is 4.59. The predicted octanol–water partition coefficient (Wildman–Crippen LogP) is 1.39. The zero-order valence-electron chi connectivity index (χ0n) is 16.8. The average molecular weight is 418 g/mol. The highest BCUT2D eigenvalue weighted by Gasteiger charge is 2.44. The third-order valence-electron chi connectivity index (χ3n) is 6.19. The predicted molar refractivity (Wildman–Crippen MR) is 112 cm³/mol. The molecule has 8 heteroatoms. The first-order chi connectivity index (χ1) is 15.0. The Hall–Kier alpha value is -3.52. The Morgan fingerprint density at radius 3 is 2.65 bits per heavy atom. The van der Waals surface area contributed by atoms with Crippen LogP contribution in [-0.4, -0.2) is 47.7 Å². The Morgan fingerprint density at radius 2 is 1.81 bits per heavy atom. The lowest BCUT2D eigenvalue weighted by Gasteiger charge is -2.27. The van der Waals surface area contributed by atoms with Crippen molar-refractivity contribution in [3.63, 3.8) is 0 Å². The van der Waals surface area contributed by atoms with Crippen LogP contribution < -0.4 is 16.0 Å². The van der Waals surface area contributed by atoms with Gasteiger partial charge in [0.25, 0.3) is 11.8 Å². The topological polar surface area (TPSA) is 108 Å². The van der Waals surface area contributed by atoms with E-state index in [1.54, 1.807) is 18.2 Å². The molecule has 0 aromatic heterocycles. The second-order valence-electron chi connectivity index (χ2n) is 8.12. The number of nitrogens with zero attached hydrogens (tertiary/aromatic N) is 1. The van der Waals surface area contributed by atoms with Crippen molar-refractivity contribution in [2.45, 2.75) is 31.3 Å². The van der Waals surface area contributed by atoms with E-state index in [2.05, 4.69) is 28.1 Å². The molecule has 3 N–H and O–H groups in total. The van der Waals surface area contributed by atoms with E-state index in [-0.39, 0.29) is 35.8 Å². The Balaban J connectivity index is 1.33. The number of anilines is 1. The first kappa shape index (κ1) is 19.4. The van der Waals surface area contributed by atoms with Crippen LogP contribution >= 0.6 is 0 Å². The van der Waals surface area contributed by atoms with Crippen LogP contribution in [-0.2, 0) is 16.1 Å². The molecule has 2 atom stereocenters. The van der Waals surface area contributed by atoms with Gasteiger partial charge in [0.1, 0.15) is 6.04 Å². The van der Waals surface area contributed by atoms with Crippen LogP contribution in [0.1, 0.15) is 50.6 Å². The Kier molecular flexibility index (Phi) is 4.78.